The highest BCUT2D eigenvalue weighted by Gasteiger charge is 2.31. The second-order valence-corrected chi connectivity index (χ2v) is 10.7. The first kappa shape index (κ1) is 21.8. The first-order valence-corrected chi connectivity index (χ1v) is 11.8. The van der Waals surface area contributed by atoms with Crippen molar-refractivity contribution in [3.8, 4) is 0 Å². The van der Waals surface area contributed by atoms with Crippen molar-refractivity contribution in [3.63, 3.8) is 0 Å². The number of carbonyl (C=O) groups excluding carboxylic acids is 2. The first-order chi connectivity index (χ1) is 13.6. The molecule has 0 spiro atoms. The summed E-state index contributed by atoms with van der Waals surface area (Å²) < 4.78 is 27.4. The van der Waals surface area contributed by atoms with E-state index in [1.165, 1.54) is 12.1 Å². The van der Waals surface area contributed by atoms with E-state index in [1.807, 2.05) is 4.90 Å². The molecular formula is C21H31N3O4S. The molecule has 2 aliphatic heterocycles. The number of hydrogen-bond acceptors (Lipinski definition) is 4. The molecule has 0 bridgehead atoms. The monoisotopic (exact) mass is 421 g/mol. The molecule has 2 amide bonds. The summed E-state index contributed by atoms with van der Waals surface area (Å²) in [7, 11) is -3.63. The van der Waals surface area contributed by atoms with Gasteiger partial charge in [-0.3, -0.25) is 9.59 Å². The second-order valence-electron chi connectivity index (χ2n) is 8.98. The van der Waals surface area contributed by atoms with Crippen molar-refractivity contribution in [1.29, 1.82) is 0 Å². The summed E-state index contributed by atoms with van der Waals surface area (Å²) in [6.07, 6.45) is 3.53. The molecule has 1 N–H and O–H groups in total. The van der Waals surface area contributed by atoms with Gasteiger partial charge in [-0.25, -0.2) is 13.1 Å². The highest BCUT2D eigenvalue weighted by molar-refractivity contribution is 7.89. The van der Waals surface area contributed by atoms with Crippen molar-refractivity contribution >= 4 is 21.8 Å². The molecule has 1 aromatic carbocycles. The maximum Gasteiger partial charge on any atom is 0.253 e. The van der Waals surface area contributed by atoms with Crippen molar-refractivity contribution in [3.05, 3.63) is 29.8 Å². The summed E-state index contributed by atoms with van der Waals surface area (Å²) in [6.45, 7) is 8.15. The molecule has 1 aromatic rings. The van der Waals surface area contributed by atoms with Gasteiger partial charge >= 0.3 is 0 Å². The smallest absolute Gasteiger partial charge is 0.253 e. The minimum Gasteiger partial charge on any atom is -0.342 e. The van der Waals surface area contributed by atoms with Crippen LogP contribution in [0.25, 0.3) is 0 Å². The number of carbonyl (C=O) groups is 2. The highest BCUT2D eigenvalue weighted by atomic mass is 32.2. The van der Waals surface area contributed by atoms with Gasteiger partial charge < -0.3 is 9.80 Å². The van der Waals surface area contributed by atoms with Crippen LogP contribution in [0.3, 0.4) is 0 Å². The van der Waals surface area contributed by atoms with Crippen LogP contribution >= 0.6 is 0 Å². The van der Waals surface area contributed by atoms with Crippen molar-refractivity contribution in [1.82, 2.24) is 14.5 Å². The van der Waals surface area contributed by atoms with Crippen molar-refractivity contribution < 1.29 is 18.0 Å². The lowest BCUT2D eigenvalue weighted by atomic mass is 9.95. The molecule has 2 saturated heterocycles. The Labute approximate surface area is 173 Å². The van der Waals surface area contributed by atoms with Gasteiger partial charge in [0, 0.05) is 43.2 Å². The Kier molecular flexibility index (Phi) is 6.33. The normalized spacial score (nSPS) is 18.9. The van der Waals surface area contributed by atoms with Crippen LogP contribution in [0.4, 0.5) is 0 Å². The fourth-order valence-corrected chi connectivity index (χ4v) is 5.36. The summed E-state index contributed by atoms with van der Waals surface area (Å²) in [5, 5.41) is 0. The average molecular weight is 422 g/mol. The van der Waals surface area contributed by atoms with Crippen LogP contribution in [0.15, 0.2) is 29.2 Å². The zero-order chi connectivity index (χ0) is 21.2. The highest BCUT2D eigenvalue weighted by Crippen LogP contribution is 2.23. The molecule has 0 aliphatic carbocycles. The summed E-state index contributed by atoms with van der Waals surface area (Å²) in [6, 6.07) is 6.04. The lowest BCUT2D eigenvalue weighted by molar-refractivity contribution is -0.135. The van der Waals surface area contributed by atoms with Gasteiger partial charge in [-0.1, -0.05) is 0 Å². The molecule has 0 atom stereocenters. The molecule has 2 fully saturated rings. The van der Waals surface area contributed by atoms with Crippen LogP contribution in [0.5, 0.6) is 0 Å². The van der Waals surface area contributed by atoms with E-state index < -0.39 is 15.6 Å². The van der Waals surface area contributed by atoms with Gasteiger partial charge in [0.1, 0.15) is 0 Å². The Balaban J connectivity index is 1.59. The lowest BCUT2D eigenvalue weighted by Gasteiger charge is -2.33. The number of likely N-dealkylation sites (tertiary alicyclic amines) is 2. The van der Waals surface area contributed by atoms with Gasteiger partial charge in [-0.2, -0.15) is 0 Å². The Bertz CT molecular complexity index is 845. The minimum absolute atomic E-state index is 0.00754. The van der Waals surface area contributed by atoms with Crippen molar-refractivity contribution in [2.75, 3.05) is 26.2 Å². The summed E-state index contributed by atoms with van der Waals surface area (Å²) in [4.78, 5) is 29.2. The molecule has 8 heteroatoms. The van der Waals surface area contributed by atoms with E-state index >= 15 is 0 Å². The molecule has 7 nitrogen and oxygen atoms in total. The van der Waals surface area contributed by atoms with Gasteiger partial charge in [0.25, 0.3) is 5.91 Å². The molecule has 2 heterocycles. The van der Waals surface area contributed by atoms with E-state index in [9.17, 15) is 18.0 Å². The predicted octanol–water partition coefficient (Wildman–Crippen LogP) is 2.24. The van der Waals surface area contributed by atoms with E-state index in [0.717, 1.165) is 25.9 Å². The van der Waals surface area contributed by atoms with Crippen molar-refractivity contribution in [2.45, 2.75) is 56.9 Å². The Morgan fingerprint density at radius 3 is 2.00 bits per heavy atom. The molecule has 29 heavy (non-hydrogen) atoms. The van der Waals surface area contributed by atoms with E-state index in [-0.39, 0.29) is 22.6 Å². The van der Waals surface area contributed by atoms with Crippen LogP contribution in [-0.4, -0.2) is 61.7 Å². The largest absolute Gasteiger partial charge is 0.342 e. The molecule has 3 rings (SSSR count). The van der Waals surface area contributed by atoms with Crippen LogP contribution in [0.2, 0.25) is 0 Å². The third-order valence-electron chi connectivity index (χ3n) is 5.40. The zero-order valence-corrected chi connectivity index (χ0v) is 18.3. The molecule has 0 saturated carbocycles. The number of amides is 2. The fraction of sp³-hybridized carbons (Fsp3) is 0.619. The van der Waals surface area contributed by atoms with Gasteiger partial charge in [-0.15, -0.1) is 0 Å². The maximum absolute atomic E-state index is 12.8. The third kappa shape index (κ3) is 5.36. The number of piperidine rings is 1. The molecule has 2 aliphatic rings. The standard InChI is InChI=1S/C21H31N3O4S/c1-21(2,3)22-29(27,28)18-8-6-16(7-9-18)19(25)24-14-10-17(11-15-24)20(26)23-12-4-5-13-23/h6-9,17,22H,4-5,10-15H2,1-3H3. The Morgan fingerprint density at radius 1 is 0.931 bits per heavy atom. The number of nitrogens with one attached hydrogen (secondary N) is 1. The SMILES string of the molecule is CC(C)(C)NS(=O)(=O)c1ccc(C(=O)N2CCC(C(=O)N3CCCC3)CC2)cc1. The van der Waals surface area contributed by atoms with Crippen LogP contribution < -0.4 is 4.72 Å². The number of hydrogen-bond donors (Lipinski definition) is 1. The second kappa shape index (κ2) is 8.44. The minimum atomic E-state index is -3.63. The topological polar surface area (TPSA) is 86.8 Å². The number of rotatable bonds is 4. The number of benzene rings is 1. The lowest BCUT2D eigenvalue weighted by Crippen LogP contribution is -2.43. The van der Waals surface area contributed by atoms with E-state index in [4.69, 9.17) is 0 Å². The average Bonchev–Trinajstić information content (AvgIpc) is 3.20. The fourth-order valence-electron chi connectivity index (χ4n) is 3.95. The molecule has 0 radical (unpaired) electrons. The third-order valence-corrected chi connectivity index (χ3v) is 7.18. The molecule has 160 valence electrons. The van der Waals surface area contributed by atoms with E-state index in [1.54, 1.807) is 37.8 Å². The van der Waals surface area contributed by atoms with E-state index in [0.29, 0.717) is 31.5 Å². The maximum atomic E-state index is 12.8. The number of nitrogens with zero attached hydrogens (tertiary/aromatic N) is 2. The van der Waals surface area contributed by atoms with E-state index in [2.05, 4.69) is 4.72 Å². The summed E-state index contributed by atoms with van der Waals surface area (Å²) >= 11 is 0. The zero-order valence-electron chi connectivity index (χ0n) is 17.5. The molecular weight excluding hydrogens is 390 g/mol. The summed E-state index contributed by atoms with van der Waals surface area (Å²) in [5.41, 5.74) is -0.117. The summed E-state index contributed by atoms with van der Waals surface area (Å²) in [5.74, 6) is 0.119. The quantitative estimate of drug-likeness (QED) is 0.808. The Morgan fingerprint density at radius 2 is 1.48 bits per heavy atom. The van der Waals surface area contributed by atoms with Crippen LogP contribution in [-0.2, 0) is 14.8 Å². The van der Waals surface area contributed by atoms with Crippen molar-refractivity contribution in [2.24, 2.45) is 5.92 Å². The van der Waals surface area contributed by atoms with Crippen LogP contribution in [0, 0.1) is 5.92 Å². The van der Waals surface area contributed by atoms with Gasteiger partial charge in [0.15, 0.2) is 0 Å². The molecule has 0 aromatic heterocycles. The molecule has 0 unspecified atom stereocenters. The Hall–Kier alpha value is -1.93. The number of sulfonamides is 1. The van der Waals surface area contributed by atoms with Gasteiger partial charge in [0.05, 0.1) is 4.90 Å². The first-order valence-electron chi connectivity index (χ1n) is 10.3. The van der Waals surface area contributed by atoms with Gasteiger partial charge in [0.2, 0.25) is 15.9 Å². The van der Waals surface area contributed by atoms with Crippen LogP contribution in [0.1, 0.15) is 56.8 Å². The predicted molar refractivity (Wildman–Crippen MR) is 111 cm³/mol. The van der Waals surface area contributed by atoms with Gasteiger partial charge in [-0.05, 0) is 70.7 Å².